The van der Waals surface area contributed by atoms with Crippen LogP contribution in [0.2, 0.25) is 0 Å². The Kier molecular flexibility index (Phi) is 4.35. The van der Waals surface area contributed by atoms with E-state index in [1.54, 1.807) is 0 Å². The van der Waals surface area contributed by atoms with Crippen molar-refractivity contribution >= 4 is 5.91 Å². The number of fused-ring (bicyclic) bond motifs is 2. The van der Waals surface area contributed by atoms with E-state index in [4.69, 9.17) is 9.47 Å². The quantitative estimate of drug-likeness (QED) is 0.925. The second-order valence-corrected chi connectivity index (χ2v) is 6.89. The molecule has 4 nitrogen and oxygen atoms in total. The van der Waals surface area contributed by atoms with Crippen LogP contribution in [0.5, 0.6) is 11.5 Å². The van der Waals surface area contributed by atoms with Crippen LogP contribution in [-0.2, 0) is 24.1 Å². The van der Waals surface area contributed by atoms with Crippen molar-refractivity contribution in [2.75, 3.05) is 6.79 Å². The molecule has 1 unspecified atom stereocenters. The zero-order valence-corrected chi connectivity index (χ0v) is 14.5. The summed E-state index contributed by atoms with van der Waals surface area (Å²) < 4.78 is 10.7. The molecule has 4 rings (SSSR count). The molecule has 1 heterocycles. The SMILES string of the molecule is CC(NC(=O)Cc1ccc2c(c1)OCO2)c1ccc2c(c1)CCCC2. The number of amides is 1. The lowest BCUT2D eigenvalue weighted by atomic mass is 9.89. The van der Waals surface area contributed by atoms with Gasteiger partial charge in [0.05, 0.1) is 12.5 Å². The maximum atomic E-state index is 12.4. The van der Waals surface area contributed by atoms with Crippen LogP contribution in [0.1, 0.15) is 48.1 Å². The van der Waals surface area contributed by atoms with Crippen LogP contribution in [0.3, 0.4) is 0 Å². The lowest BCUT2D eigenvalue weighted by Crippen LogP contribution is -2.28. The number of aryl methyl sites for hydroxylation is 2. The van der Waals surface area contributed by atoms with Gasteiger partial charge in [0.25, 0.3) is 0 Å². The highest BCUT2D eigenvalue weighted by molar-refractivity contribution is 5.79. The third-order valence-electron chi connectivity index (χ3n) is 5.05. The van der Waals surface area contributed by atoms with Gasteiger partial charge in [-0.05, 0) is 67.0 Å². The first-order valence-electron chi connectivity index (χ1n) is 8.98. The highest BCUT2D eigenvalue weighted by Crippen LogP contribution is 2.32. The summed E-state index contributed by atoms with van der Waals surface area (Å²) in [7, 11) is 0. The molecule has 0 radical (unpaired) electrons. The van der Waals surface area contributed by atoms with E-state index in [1.807, 2.05) is 25.1 Å². The Labute approximate surface area is 148 Å². The van der Waals surface area contributed by atoms with Gasteiger partial charge in [0, 0.05) is 0 Å². The fourth-order valence-corrected chi connectivity index (χ4v) is 3.63. The summed E-state index contributed by atoms with van der Waals surface area (Å²) in [5.41, 5.74) is 5.02. The fraction of sp³-hybridized carbons (Fsp3) is 0.381. The predicted molar refractivity (Wildman–Crippen MR) is 95.9 cm³/mol. The minimum Gasteiger partial charge on any atom is -0.454 e. The van der Waals surface area contributed by atoms with E-state index in [2.05, 4.69) is 23.5 Å². The molecule has 0 saturated heterocycles. The minimum atomic E-state index is 0.00809. The molecule has 2 aliphatic rings. The highest BCUT2D eigenvalue weighted by Gasteiger charge is 2.17. The van der Waals surface area contributed by atoms with Crippen molar-refractivity contribution in [1.82, 2.24) is 5.32 Å². The smallest absolute Gasteiger partial charge is 0.231 e. The van der Waals surface area contributed by atoms with E-state index in [-0.39, 0.29) is 18.7 Å². The first-order valence-corrected chi connectivity index (χ1v) is 8.98. The average molecular weight is 337 g/mol. The predicted octanol–water partition coefficient (Wildman–Crippen LogP) is 3.71. The maximum absolute atomic E-state index is 12.4. The number of hydrogen-bond donors (Lipinski definition) is 1. The molecule has 0 fully saturated rings. The zero-order valence-electron chi connectivity index (χ0n) is 14.5. The van der Waals surface area contributed by atoms with Crippen LogP contribution in [0, 0.1) is 0 Å². The summed E-state index contributed by atoms with van der Waals surface area (Å²) in [5, 5.41) is 3.11. The number of rotatable bonds is 4. The first-order chi connectivity index (χ1) is 12.2. The van der Waals surface area contributed by atoms with Crippen molar-refractivity contribution in [3.8, 4) is 11.5 Å². The summed E-state index contributed by atoms with van der Waals surface area (Å²) in [6.07, 6.45) is 5.23. The van der Waals surface area contributed by atoms with Crippen molar-refractivity contribution in [3.63, 3.8) is 0 Å². The van der Waals surface area contributed by atoms with Crippen LogP contribution in [0.4, 0.5) is 0 Å². The van der Waals surface area contributed by atoms with Crippen molar-refractivity contribution < 1.29 is 14.3 Å². The monoisotopic (exact) mass is 337 g/mol. The molecule has 0 bridgehead atoms. The van der Waals surface area contributed by atoms with E-state index in [1.165, 1.54) is 36.0 Å². The van der Waals surface area contributed by atoms with Crippen molar-refractivity contribution in [2.24, 2.45) is 0 Å². The zero-order chi connectivity index (χ0) is 17.2. The van der Waals surface area contributed by atoms with Crippen molar-refractivity contribution in [1.29, 1.82) is 0 Å². The molecule has 130 valence electrons. The van der Waals surface area contributed by atoms with E-state index in [9.17, 15) is 4.79 Å². The molecule has 1 N–H and O–H groups in total. The van der Waals surface area contributed by atoms with Gasteiger partial charge in [0.1, 0.15) is 0 Å². The van der Waals surface area contributed by atoms with Gasteiger partial charge >= 0.3 is 0 Å². The summed E-state index contributed by atoms with van der Waals surface area (Å²) >= 11 is 0. The van der Waals surface area contributed by atoms with Crippen molar-refractivity contribution in [3.05, 3.63) is 58.7 Å². The van der Waals surface area contributed by atoms with Crippen LogP contribution in [0.25, 0.3) is 0 Å². The molecular formula is C21H23NO3. The van der Waals surface area contributed by atoms with Crippen molar-refractivity contribution in [2.45, 2.75) is 45.1 Å². The van der Waals surface area contributed by atoms with E-state index < -0.39 is 0 Å². The van der Waals surface area contributed by atoms with Gasteiger partial charge in [-0.3, -0.25) is 4.79 Å². The largest absolute Gasteiger partial charge is 0.454 e. The van der Waals surface area contributed by atoms with Gasteiger partial charge in [0.15, 0.2) is 11.5 Å². The lowest BCUT2D eigenvalue weighted by Gasteiger charge is -2.20. The van der Waals surface area contributed by atoms with Crippen LogP contribution >= 0.6 is 0 Å². The average Bonchev–Trinajstić information content (AvgIpc) is 3.09. The number of carbonyl (C=O) groups excluding carboxylic acids is 1. The van der Waals surface area contributed by atoms with Gasteiger partial charge in [0.2, 0.25) is 12.7 Å². The van der Waals surface area contributed by atoms with Gasteiger partial charge in [-0.25, -0.2) is 0 Å². The second kappa shape index (κ2) is 6.79. The number of ether oxygens (including phenoxy) is 2. The summed E-state index contributed by atoms with van der Waals surface area (Å²) in [4.78, 5) is 12.4. The number of carbonyl (C=O) groups is 1. The minimum absolute atomic E-state index is 0.00809. The Morgan fingerprint density at radius 1 is 1.04 bits per heavy atom. The van der Waals surface area contributed by atoms with Crippen LogP contribution < -0.4 is 14.8 Å². The molecule has 25 heavy (non-hydrogen) atoms. The molecule has 4 heteroatoms. The second-order valence-electron chi connectivity index (χ2n) is 6.89. The third kappa shape index (κ3) is 3.48. The molecule has 2 aromatic carbocycles. The standard InChI is InChI=1S/C21H23NO3/c1-14(17-8-7-16-4-2-3-5-18(16)12-17)22-21(23)11-15-6-9-19-20(10-15)25-13-24-19/h6-10,12,14H,2-5,11,13H2,1H3,(H,22,23). The summed E-state index contributed by atoms with van der Waals surface area (Å²) in [5.74, 6) is 1.48. The molecular weight excluding hydrogens is 314 g/mol. The highest BCUT2D eigenvalue weighted by atomic mass is 16.7. The third-order valence-corrected chi connectivity index (χ3v) is 5.05. The van der Waals surface area contributed by atoms with Crippen LogP contribution in [0.15, 0.2) is 36.4 Å². The molecule has 0 aromatic heterocycles. The Balaban J connectivity index is 1.40. The Bertz CT molecular complexity index is 800. The summed E-state index contributed by atoms with van der Waals surface area (Å²) in [6, 6.07) is 12.3. The molecule has 1 aliphatic heterocycles. The molecule has 1 amide bonds. The fourth-order valence-electron chi connectivity index (χ4n) is 3.63. The molecule has 2 aromatic rings. The molecule has 1 aliphatic carbocycles. The summed E-state index contributed by atoms with van der Waals surface area (Å²) in [6.45, 7) is 2.29. The first kappa shape index (κ1) is 16.0. The number of benzene rings is 2. The van der Waals surface area contributed by atoms with Crippen LogP contribution in [-0.4, -0.2) is 12.7 Å². The Hall–Kier alpha value is -2.49. The van der Waals surface area contributed by atoms with Gasteiger partial charge in [-0.1, -0.05) is 24.3 Å². The van der Waals surface area contributed by atoms with Gasteiger partial charge in [-0.15, -0.1) is 0 Å². The molecule has 1 atom stereocenters. The molecule has 0 spiro atoms. The number of nitrogens with one attached hydrogen (secondary N) is 1. The normalized spacial score (nSPS) is 16.2. The maximum Gasteiger partial charge on any atom is 0.231 e. The Morgan fingerprint density at radius 2 is 1.84 bits per heavy atom. The van der Waals surface area contributed by atoms with E-state index >= 15 is 0 Å². The van der Waals surface area contributed by atoms with Gasteiger partial charge < -0.3 is 14.8 Å². The van der Waals surface area contributed by atoms with Gasteiger partial charge in [-0.2, -0.15) is 0 Å². The number of hydrogen-bond acceptors (Lipinski definition) is 3. The lowest BCUT2D eigenvalue weighted by molar-refractivity contribution is -0.121. The van der Waals surface area contributed by atoms with E-state index in [0.29, 0.717) is 12.2 Å². The Morgan fingerprint density at radius 3 is 2.72 bits per heavy atom. The topological polar surface area (TPSA) is 47.6 Å². The van der Waals surface area contributed by atoms with E-state index in [0.717, 1.165) is 17.7 Å². The molecule has 0 saturated carbocycles.